The van der Waals surface area contributed by atoms with Crippen molar-refractivity contribution in [3.05, 3.63) is 71.5 Å². The van der Waals surface area contributed by atoms with Crippen LogP contribution in [0.3, 0.4) is 0 Å². The second kappa shape index (κ2) is 10.8. The molecule has 2 aromatic carbocycles. The zero-order chi connectivity index (χ0) is 30.8. The highest BCUT2D eigenvalue weighted by Gasteiger charge is 2.48. The Bertz CT molecular complexity index is 2010. The molecule has 4 heterocycles. The number of nitrogens with zero attached hydrogens (tertiary/aromatic N) is 5. The number of pyridine rings is 1. The lowest BCUT2D eigenvalue weighted by Crippen LogP contribution is -2.30. The Morgan fingerprint density at radius 2 is 1.86 bits per heavy atom. The van der Waals surface area contributed by atoms with E-state index in [2.05, 4.69) is 37.8 Å². The molecule has 2 aliphatic rings. The van der Waals surface area contributed by atoms with Gasteiger partial charge in [-0.25, -0.2) is 22.0 Å². The van der Waals surface area contributed by atoms with Gasteiger partial charge in [0.15, 0.2) is 9.84 Å². The third-order valence-corrected chi connectivity index (χ3v) is 10.8. The Morgan fingerprint density at radius 1 is 1.14 bits per heavy atom. The van der Waals surface area contributed by atoms with Gasteiger partial charge in [-0.05, 0) is 61.8 Å². The molecule has 13 heteroatoms. The number of aryl methyl sites for hydroxylation is 2. The lowest BCUT2D eigenvalue weighted by atomic mass is 9.86. The zero-order valence-electron chi connectivity index (χ0n) is 24.7. The monoisotopic (exact) mass is 634 g/mol. The van der Waals surface area contributed by atoms with Gasteiger partial charge in [0.25, 0.3) is 0 Å². The minimum Gasteiger partial charge on any atom is -0.381 e. The SMILES string of the molecule is Cc1nnn(C)c1-c1cnc2c3c(C4(NS(=O)O)CC4)ccc(S(C)(=O)=O)c3n([C@H](c3ccccc3)C3CCOCC3)c2c1. The Morgan fingerprint density at radius 3 is 2.48 bits per heavy atom. The van der Waals surface area contributed by atoms with E-state index in [1.165, 1.54) is 6.26 Å². The van der Waals surface area contributed by atoms with Gasteiger partial charge in [0.1, 0.15) is 0 Å². The molecule has 44 heavy (non-hydrogen) atoms. The topological polar surface area (TPSA) is 141 Å². The first kappa shape index (κ1) is 29.2. The molecule has 0 radical (unpaired) electrons. The number of benzene rings is 2. The van der Waals surface area contributed by atoms with Gasteiger partial charge in [0.2, 0.25) is 11.3 Å². The van der Waals surface area contributed by atoms with Crippen LogP contribution in [0.4, 0.5) is 0 Å². The van der Waals surface area contributed by atoms with Crippen LogP contribution in [0.2, 0.25) is 0 Å². The summed E-state index contributed by atoms with van der Waals surface area (Å²) < 4.78 is 61.5. The first-order chi connectivity index (χ1) is 21.1. The van der Waals surface area contributed by atoms with Crippen LogP contribution in [-0.4, -0.2) is 61.2 Å². The van der Waals surface area contributed by atoms with Gasteiger partial charge in [-0.3, -0.25) is 9.54 Å². The van der Waals surface area contributed by atoms with Crippen LogP contribution in [0.1, 0.15) is 48.5 Å². The molecule has 230 valence electrons. The van der Waals surface area contributed by atoms with Gasteiger partial charge in [-0.15, -0.1) is 5.10 Å². The number of hydrogen-bond donors (Lipinski definition) is 2. The van der Waals surface area contributed by atoms with E-state index in [4.69, 9.17) is 9.72 Å². The summed E-state index contributed by atoms with van der Waals surface area (Å²) in [6.07, 6.45) is 5.90. The maximum Gasteiger partial charge on any atom is 0.232 e. The molecule has 0 spiro atoms. The molecule has 1 saturated heterocycles. The Hall–Kier alpha value is -3.49. The van der Waals surface area contributed by atoms with Gasteiger partial charge < -0.3 is 9.30 Å². The zero-order valence-corrected chi connectivity index (χ0v) is 26.4. The molecule has 1 unspecified atom stereocenters. The molecule has 0 amide bonds. The van der Waals surface area contributed by atoms with Crippen LogP contribution in [0, 0.1) is 12.8 Å². The van der Waals surface area contributed by atoms with E-state index in [0.29, 0.717) is 42.5 Å². The Labute approximate surface area is 258 Å². The van der Waals surface area contributed by atoms with Crippen LogP contribution in [-0.2, 0) is 38.4 Å². The standard InChI is InChI=1S/C31H34N6O5S2/c1-19-28(36(2)35-33-19)22-17-24-27(32-18-22)26-23(31(13-14-31)34-43(38)39)9-10-25(44(3,40)41)30(26)37(24)29(20-7-5-4-6-8-20)21-11-15-42-16-12-21/h4-10,17-18,21,29,34H,11-16H2,1-3H3,(H,38,39)/t29-/m1/s1. The normalized spacial score (nSPS) is 18.5. The average molecular weight is 635 g/mol. The molecule has 3 aromatic heterocycles. The predicted octanol–water partition coefficient (Wildman–Crippen LogP) is 4.43. The first-order valence-corrected chi connectivity index (χ1v) is 17.6. The molecule has 0 bridgehead atoms. The summed E-state index contributed by atoms with van der Waals surface area (Å²) in [6, 6.07) is 15.4. The molecule has 1 saturated carbocycles. The second-order valence-corrected chi connectivity index (χ2v) is 14.6. The first-order valence-electron chi connectivity index (χ1n) is 14.6. The van der Waals surface area contributed by atoms with Crippen LogP contribution < -0.4 is 4.72 Å². The highest BCUT2D eigenvalue weighted by molar-refractivity contribution is 7.91. The van der Waals surface area contributed by atoms with Crippen molar-refractivity contribution in [1.82, 2.24) is 29.3 Å². The predicted molar refractivity (Wildman–Crippen MR) is 168 cm³/mol. The molecular formula is C31H34N6O5S2. The van der Waals surface area contributed by atoms with Gasteiger partial charge in [0, 0.05) is 43.7 Å². The average Bonchev–Trinajstić information content (AvgIpc) is 3.59. The number of rotatable bonds is 8. The molecule has 5 aromatic rings. The largest absolute Gasteiger partial charge is 0.381 e. The minimum absolute atomic E-state index is 0.155. The van der Waals surface area contributed by atoms with Crippen molar-refractivity contribution < 1.29 is 21.9 Å². The molecule has 11 nitrogen and oxygen atoms in total. The number of nitrogens with one attached hydrogen (secondary N) is 1. The number of ether oxygens (including phenoxy) is 1. The molecule has 1 aliphatic heterocycles. The highest BCUT2D eigenvalue weighted by Crippen LogP contribution is 2.52. The van der Waals surface area contributed by atoms with Crippen LogP contribution in [0.25, 0.3) is 33.2 Å². The van der Waals surface area contributed by atoms with E-state index in [1.54, 1.807) is 23.0 Å². The number of hydrogen-bond acceptors (Lipinski definition) is 7. The molecule has 2 atom stereocenters. The van der Waals surface area contributed by atoms with E-state index in [0.717, 1.165) is 46.4 Å². The third kappa shape index (κ3) is 4.87. The molecule has 2 fully saturated rings. The summed E-state index contributed by atoms with van der Waals surface area (Å²) in [5.74, 6) is 0.155. The minimum atomic E-state index is -3.70. The lowest BCUT2D eigenvalue weighted by molar-refractivity contribution is 0.0552. The number of fused-ring (bicyclic) bond motifs is 3. The molecular weight excluding hydrogens is 601 g/mol. The van der Waals surface area contributed by atoms with E-state index in [-0.39, 0.29) is 16.9 Å². The van der Waals surface area contributed by atoms with Crippen molar-refractivity contribution in [1.29, 1.82) is 0 Å². The van der Waals surface area contributed by atoms with Gasteiger partial charge in [-0.1, -0.05) is 41.6 Å². The lowest BCUT2D eigenvalue weighted by Gasteiger charge is -2.33. The summed E-state index contributed by atoms with van der Waals surface area (Å²) in [5, 5.41) is 9.13. The maximum absolute atomic E-state index is 13.5. The van der Waals surface area contributed by atoms with Crippen molar-refractivity contribution >= 4 is 43.0 Å². The van der Waals surface area contributed by atoms with Gasteiger partial charge >= 0.3 is 0 Å². The fourth-order valence-corrected chi connectivity index (χ4v) is 8.52. The van der Waals surface area contributed by atoms with Crippen molar-refractivity contribution in [2.45, 2.75) is 49.1 Å². The summed E-state index contributed by atoms with van der Waals surface area (Å²) >= 11 is -2.26. The van der Waals surface area contributed by atoms with Gasteiger partial charge in [0.05, 0.1) is 44.4 Å². The van der Waals surface area contributed by atoms with E-state index < -0.39 is 26.6 Å². The summed E-state index contributed by atoms with van der Waals surface area (Å²) in [5.41, 5.74) is 5.41. The van der Waals surface area contributed by atoms with Gasteiger partial charge in [-0.2, -0.15) is 0 Å². The third-order valence-electron chi connectivity index (χ3n) is 9.09. The summed E-state index contributed by atoms with van der Waals surface area (Å²) in [4.78, 5) is 5.22. The van der Waals surface area contributed by atoms with Crippen molar-refractivity contribution in [3.8, 4) is 11.3 Å². The summed E-state index contributed by atoms with van der Waals surface area (Å²) in [6.45, 7) is 3.14. The van der Waals surface area contributed by atoms with Crippen molar-refractivity contribution in [2.24, 2.45) is 13.0 Å². The van der Waals surface area contributed by atoms with Crippen molar-refractivity contribution in [3.63, 3.8) is 0 Å². The summed E-state index contributed by atoms with van der Waals surface area (Å²) in [7, 11) is -1.87. The molecule has 2 N–H and O–H groups in total. The fraction of sp³-hybridized carbons (Fsp3) is 0.387. The Kier molecular flexibility index (Phi) is 7.20. The van der Waals surface area contributed by atoms with E-state index in [1.807, 2.05) is 32.2 Å². The van der Waals surface area contributed by atoms with Crippen LogP contribution in [0.15, 0.2) is 59.6 Å². The number of aromatic nitrogens is 5. The van der Waals surface area contributed by atoms with E-state index in [9.17, 15) is 17.2 Å². The quantitative estimate of drug-likeness (QED) is 0.239. The Balaban J connectivity index is 1.65. The smallest absolute Gasteiger partial charge is 0.232 e. The van der Waals surface area contributed by atoms with Crippen molar-refractivity contribution in [2.75, 3.05) is 19.5 Å². The fourth-order valence-electron chi connectivity index (χ4n) is 7.01. The second-order valence-electron chi connectivity index (χ2n) is 12.0. The highest BCUT2D eigenvalue weighted by atomic mass is 32.2. The maximum atomic E-state index is 13.5. The molecule has 7 rings (SSSR count). The van der Waals surface area contributed by atoms with Crippen LogP contribution in [0.5, 0.6) is 0 Å². The number of sulfone groups is 1. The van der Waals surface area contributed by atoms with E-state index >= 15 is 0 Å². The molecule has 1 aliphatic carbocycles. The van der Waals surface area contributed by atoms with Crippen LogP contribution >= 0.6 is 0 Å².